The number of nitrogens with two attached hydrogens (primary N) is 1. The number of thioether (sulfide) groups is 1. The molecule has 0 fully saturated rings. The molecule has 90 valence electrons. The Morgan fingerprint density at radius 2 is 2.12 bits per heavy atom. The van der Waals surface area contributed by atoms with Crippen LogP contribution >= 0.6 is 11.8 Å². The third-order valence-corrected chi connectivity index (χ3v) is 4.01. The lowest BCUT2D eigenvalue weighted by atomic mass is 10.3. The molecule has 0 amide bonds. The summed E-state index contributed by atoms with van der Waals surface area (Å²) in [5, 5.41) is 0. The van der Waals surface area contributed by atoms with Crippen molar-refractivity contribution in [2.45, 2.75) is 11.3 Å². The average molecular weight is 263 g/mol. The molecule has 0 unspecified atom stereocenters. The van der Waals surface area contributed by atoms with Crippen molar-refractivity contribution in [2.75, 3.05) is 23.5 Å². The van der Waals surface area contributed by atoms with Crippen LogP contribution in [0.15, 0.2) is 23.1 Å². The summed E-state index contributed by atoms with van der Waals surface area (Å²) in [6.45, 7) is 0. The fourth-order valence-corrected chi connectivity index (χ4v) is 2.84. The summed E-state index contributed by atoms with van der Waals surface area (Å²) < 4.78 is 34.8. The molecule has 0 radical (unpaired) electrons. The Morgan fingerprint density at radius 3 is 2.69 bits per heavy atom. The Kier molecular flexibility index (Phi) is 4.61. The largest absolute Gasteiger partial charge is 0.396 e. The summed E-state index contributed by atoms with van der Waals surface area (Å²) in [5.74, 6) is 0.376. The van der Waals surface area contributed by atoms with E-state index < -0.39 is 15.7 Å². The number of hydrogen-bond acceptors (Lipinski definition) is 4. The van der Waals surface area contributed by atoms with Crippen molar-refractivity contribution in [2.24, 2.45) is 0 Å². The van der Waals surface area contributed by atoms with Crippen molar-refractivity contribution in [3.05, 3.63) is 24.0 Å². The van der Waals surface area contributed by atoms with E-state index in [4.69, 9.17) is 5.73 Å². The van der Waals surface area contributed by atoms with E-state index in [0.717, 1.165) is 4.90 Å². The van der Waals surface area contributed by atoms with E-state index in [1.807, 2.05) is 0 Å². The van der Waals surface area contributed by atoms with Crippen LogP contribution in [0.2, 0.25) is 0 Å². The first-order chi connectivity index (χ1) is 7.38. The van der Waals surface area contributed by atoms with Gasteiger partial charge in [-0.05, 0) is 30.4 Å². The van der Waals surface area contributed by atoms with E-state index in [0.29, 0.717) is 12.2 Å². The van der Waals surface area contributed by atoms with Crippen LogP contribution in [-0.4, -0.2) is 26.2 Å². The summed E-state index contributed by atoms with van der Waals surface area (Å²) in [7, 11) is -2.90. The van der Waals surface area contributed by atoms with Crippen molar-refractivity contribution in [1.82, 2.24) is 0 Å². The van der Waals surface area contributed by atoms with Crippen LogP contribution in [0.5, 0.6) is 0 Å². The van der Waals surface area contributed by atoms with Gasteiger partial charge in [0.05, 0.1) is 11.4 Å². The number of hydrogen-bond donors (Lipinski definition) is 1. The average Bonchev–Trinajstić information content (AvgIpc) is 2.17. The Bertz CT molecular complexity index is 460. The lowest BCUT2D eigenvalue weighted by Crippen LogP contribution is -2.03. The highest BCUT2D eigenvalue weighted by Gasteiger charge is 2.03. The molecule has 0 bridgehead atoms. The Morgan fingerprint density at radius 1 is 1.44 bits per heavy atom. The fourth-order valence-electron chi connectivity index (χ4n) is 1.11. The van der Waals surface area contributed by atoms with Crippen molar-refractivity contribution in [3.8, 4) is 0 Å². The van der Waals surface area contributed by atoms with Gasteiger partial charge >= 0.3 is 0 Å². The zero-order chi connectivity index (χ0) is 12.2. The second-order valence-electron chi connectivity index (χ2n) is 3.52. The van der Waals surface area contributed by atoms with E-state index >= 15 is 0 Å². The summed E-state index contributed by atoms with van der Waals surface area (Å²) in [6.07, 6.45) is 1.77. The molecule has 0 saturated carbocycles. The summed E-state index contributed by atoms with van der Waals surface area (Å²) >= 11 is 1.42. The second-order valence-corrected chi connectivity index (χ2v) is 6.94. The second kappa shape index (κ2) is 5.54. The van der Waals surface area contributed by atoms with E-state index in [1.165, 1.54) is 30.2 Å². The van der Waals surface area contributed by atoms with Crippen molar-refractivity contribution < 1.29 is 12.8 Å². The highest BCUT2D eigenvalue weighted by Crippen LogP contribution is 2.22. The number of halogens is 1. The predicted octanol–water partition coefficient (Wildman–Crippen LogP) is 1.93. The third-order valence-electron chi connectivity index (χ3n) is 1.90. The zero-order valence-corrected chi connectivity index (χ0v) is 10.6. The molecule has 6 heteroatoms. The molecule has 0 aliphatic rings. The minimum atomic E-state index is -2.90. The summed E-state index contributed by atoms with van der Waals surface area (Å²) in [5.41, 5.74) is 5.46. The molecule has 3 nitrogen and oxygen atoms in total. The quantitative estimate of drug-likeness (QED) is 0.501. The first kappa shape index (κ1) is 13.3. The van der Waals surface area contributed by atoms with Gasteiger partial charge in [-0.3, -0.25) is 0 Å². The van der Waals surface area contributed by atoms with Gasteiger partial charge < -0.3 is 5.73 Å². The van der Waals surface area contributed by atoms with Gasteiger partial charge in [0.25, 0.3) is 0 Å². The maximum absolute atomic E-state index is 13.0. The Labute approximate surface area is 99.1 Å². The molecule has 0 aromatic heterocycles. The molecule has 1 rings (SSSR count). The molecule has 0 aliphatic heterocycles. The fraction of sp³-hybridized carbons (Fsp3) is 0.400. The van der Waals surface area contributed by atoms with E-state index in [-0.39, 0.29) is 11.4 Å². The number of sulfone groups is 1. The van der Waals surface area contributed by atoms with Crippen LogP contribution in [0.3, 0.4) is 0 Å². The van der Waals surface area contributed by atoms with Crippen LogP contribution in [0.25, 0.3) is 0 Å². The smallest absolute Gasteiger partial charge is 0.147 e. The standard InChI is InChI=1S/C10H14FNO2S2/c1-16(13,14)6-2-5-15-8-3-4-10(12)9(11)7-8/h3-4,7H,2,5-6,12H2,1H3. The zero-order valence-electron chi connectivity index (χ0n) is 8.94. The van der Waals surface area contributed by atoms with Crippen LogP contribution in [0.1, 0.15) is 6.42 Å². The van der Waals surface area contributed by atoms with Crippen LogP contribution < -0.4 is 5.73 Å². The molecule has 0 atom stereocenters. The van der Waals surface area contributed by atoms with Gasteiger partial charge in [0.15, 0.2) is 0 Å². The number of rotatable bonds is 5. The van der Waals surface area contributed by atoms with Crippen molar-refractivity contribution in [1.29, 1.82) is 0 Å². The molecule has 16 heavy (non-hydrogen) atoms. The molecule has 1 aromatic rings. The van der Waals surface area contributed by atoms with Gasteiger partial charge in [0.2, 0.25) is 0 Å². The minimum Gasteiger partial charge on any atom is -0.396 e. The molecular weight excluding hydrogens is 249 g/mol. The molecule has 2 N–H and O–H groups in total. The van der Waals surface area contributed by atoms with Gasteiger partial charge in [-0.15, -0.1) is 11.8 Å². The molecule has 1 aromatic carbocycles. The molecule has 0 heterocycles. The summed E-state index contributed by atoms with van der Waals surface area (Å²) in [4.78, 5) is 0.764. The van der Waals surface area contributed by atoms with Crippen molar-refractivity contribution in [3.63, 3.8) is 0 Å². The highest BCUT2D eigenvalue weighted by atomic mass is 32.2. The van der Waals surface area contributed by atoms with Gasteiger partial charge in [0.1, 0.15) is 15.7 Å². The first-order valence-electron chi connectivity index (χ1n) is 4.74. The lowest BCUT2D eigenvalue weighted by molar-refractivity contribution is 0.600. The topological polar surface area (TPSA) is 60.2 Å². The lowest BCUT2D eigenvalue weighted by Gasteiger charge is -2.02. The van der Waals surface area contributed by atoms with Crippen LogP contribution in [0.4, 0.5) is 10.1 Å². The third kappa shape index (κ3) is 4.85. The maximum atomic E-state index is 13.0. The van der Waals surface area contributed by atoms with Gasteiger partial charge in [-0.25, -0.2) is 12.8 Å². The molecule has 0 aliphatic carbocycles. The minimum absolute atomic E-state index is 0.125. The van der Waals surface area contributed by atoms with E-state index in [1.54, 1.807) is 6.07 Å². The maximum Gasteiger partial charge on any atom is 0.147 e. The normalized spacial score (nSPS) is 11.6. The number of nitrogen functional groups attached to an aromatic ring is 1. The monoisotopic (exact) mass is 263 g/mol. The van der Waals surface area contributed by atoms with Gasteiger partial charge in [0, 0.05) is 11.2 Å². The molecule has 0 spiro atoms. The van der Waals surface area contributed by atoms with Crippen molar-refractivity contribution >= 4 is 27.3 Å². The number of benzene rings is 1. The molecular formula is C10H14FNO2S2. The van der Waals surface area contributed by atoms with Gasteiger partial charge in [-0.1, -0.05) is 0 Å². The first-order valence-corrected chi connectivity index (χ1v) is 7.78. The highest BCUT2D eigenvalue weighted by molar-refractivity contribution is 7.99. The van der Waals surface area contributed by atoms with E-state index in [2.05, 4.69) is 0 Å². The van der Waals surface area contributed by atoms with E-state index in [9.17, 15) is 12.8 Å². The Balaban J connectivity index is 2.41. The Hall–Kier alpha value is -0.750. The predicted molar refractivity (Wildman–Crippen MR) is 65.9 cm³/mol. The molecule has 0 saturated heterocycles. The van der Waals surface area contributed by atoms with Crippen LogP contribution in [0, 0.1) is 5.82 Å². The summed E-state index contributed by atoms with van der Waals surface area (Å²) in [6, 6.07) is 4.60. The van der Waals surface area contributed by atoms with Crippen LogP contribution in [-0.2, 0) is 9.84 Å². The number of anilines is 1. The SMILES string of the molecule is CS(=O)(=O)CCCSc1ccc(N)c(F)c1. The van der Waals surface area contributed by atoms with Gasteiger partial charge in [-0.2, -0.15) is 0 Å².